The average molecular weight is 478 g/mol. The van der Waals surface area contributed by atoms with Crippen LogP contribution in [0, 0.1) is 13.8 Å². The number of aromatic nitrogens is 2. The molecule has 4 rings (SSSR count). The van der Waals surface area contributed by atoms with Crippen molar-refractivity contribution in [2.45, 2.75) is 26.3 Å². The zero-order chi connectivity index (χ0) is 25.3. The number of carbonyl (C=O) groups excluding carboxylic acids is 3. The number of rotatable bonds is 7. The maximum absolute atomic E-state index is 13.2. The quantitative estimate of drug-likeness (QED) is 0.183. The largest absolute Gasteiger partial charge is 0.505 e. The number of fused-ring (bicyclic) bond motifs is 1. The van der Waals surface area contributed by atoms with Crippen molar-refractivity contribution in [2.75, 3.05) is 27.4 Å². The molecule has 0 saturated carbocycles. The highest BCUT2D eigenvalue weighted by atomic mass is 16.5. The number of hydrogen-bond donors (Lipinski definition) is 1. The number of aliphatic hydroxyl groups is 1. The second-order valence-electron chi connectivity index (χ2n) is 8.38. The summed E-state index contributed by atoms with van der Waals surface area (Å²) in [6.07, 6.45) is 2.33. The highest BCUT2D eigenvalue weighted by Crippen LogP contribution is 2.40. The number of esters is 1. The van der Waals surface area contributed by atoms with Crippen LogP contribution in [0.5, 0.6) is 0 Å². The van der Waals surface area contributed by atoms with E-state index in [2.05, 4.69) is 4.98 Å². The standard InChI is InChI=1S/C26H27N3O6/c1-15-7-5-12-28-16(2)20(27-24(15)28)22(30)19-21(17-8-10-18(11-9-17)26(33)35-4)29(13-6-14-34-3)25(32)23(19)31/h5,7-12,21,30H,6,13-14H2,1-4H3/b22-19+. The minimum Gasteiger partial charge on any atom is -0.505 e. The summed E-state index contributed by atoms with van der Waals surface area (Å²) >= 11 is 0. The number of likely N-dealkylation sites (tertiary alicyclic amines) is 1. The van der Waals surface area contributed by atoms with E-state index in [1.54, 1.807) is 38.3 Å². The molecule has 1 N–H and O–H groups in total. The third-order valence-electron chi connectivity index (χ3n) is 6.24. The maximum atomic E-state index is 13.2. The van der Waals surface area contributed by atoms with Gasteiger partial charge in [0.1, 0.15) is 11.3 Å². The number of hydrogen-bond acceptors (Lipinski definition) is 7. The SMILES string of the molecule is COCCCN1C(=O)C(=O)/C(=C(/O)c2nc3c(C)cccn3c2C)C1c1ccc(C(=O)OC)cc1. The molecule has 0 radical (unpaired) electrons. The third-order valence-corrected chi connectivity index (χ3v) is 6.24. The van der Waals surface area contributed by atoms with E-state index in [1.165, 1.54) is 12.0 Å². The molecule has 9 nitrogen and oxygen atoms in total. The number of pyridine rings is 1. The number of amides is 1. The number of methoxy groups -OCH3 is 2. The maximum Gasteiger partial charge on any atom is 0.337 e. The Morgan fingerprint density at radius 1 is 1.11 bits per heavy atom. The van der Waals surface area contributed by atoms with E-state index in [0.29, 0.717) is 35.5 Å². The predicted molar refractivity (Wildman–Crippen MR) is 128 cm³/mol. The summed E-state index contributed by atoms with van der Waals surface area (Å²) in [6.45, 7) is 4.36. The monoisotopic (exact) mass is 477 g/mol. The predicted octanol–water partition coefficient (Wildman–Crippen LogP) is 3.20. The molecule has 0 bridgehead atoms. The molecule has 1 saturated heterocycles. The van der Waals surface area contributed by atoms with Crippen LogP contribution in [0.4, 0.5) is 0 Å². The summed E-state index contributed by atoms with van der Waals surface area (Å²) in [5.41, 5.74) is 3.32. The van der Waals surface area contributed by atoms with E-state index < -0.39 is 23.7 Å². The van der Waals surface area contributed by atoms with Crippen LogP contribution >= 0.6 is 0 Å². The molecule has 0 aliphatic carbocycles. The van der Waals surface area contributed by atoms with Gasteiger partial charge in [0.25, 0.3) is 11.7 Å². The highest BCUT2D eigenvalue weighted by Gasteiger charge is 2.46. The molecule has 1 aliphatic heterocycles. The Balaban J connectivity index is 1.87. The van der Waals surface area contributed by atoms with Crippen molar-refractivity contribution < 1.29 is 29.0 Å². The van der Waals surface area contributed by atoms with Gasteiger partial charge in [-0.3, -0.25) is 9.59 Å². The van der Waals surface area contributed by atoms with Crippen molar-refractivity contribution in [1.82, 2.24) is 14.3 Å². The van der Waals surface area contributed by atoms with Gasteiger partial charge in [0.15, 0.2) is 5.76 Å². The molecule has 35 heavy (non-hydrogen) atoms. The number of nitrogens with zero attached hydrogens (tertiary/aromatic N) is 3. The first-order valence-electron chi connectivity index (χ1n) is 11.2. The van der Waals surface area contributed by atoms with Gasteiger partial charge in [0.05, 0.1) is 30.0 Å². The van der Waals surface area contributed by atoms with Crippen molar-refractivity contribution in [3.8, 4) is 0 Å². The molecule has 1 aliphatic rings. The van der Waals surface area contributed by atoms with Crippen molar-refractivity contribution in [2.24, 2.45) is 0 Å². The van der Waals surface area contributed by atoms with Gasteiger partial charge in [-0.2, -0.15) is 0 Å². The lowest BCUT2D eigenvalue weighted by Crippen LogP contribution is -2.31. The van der Waals surface area contributed by atoms with Gasteiger partial charge in [0, 0.05) is 26.5 Å². The van der Waals surface area contributed by atoms with Crippen molar-refractivity contribution in [3.05, 3.63) is 76.2 Å². The molecule has 1 fully saturated rings. The van der Waals surface area contributed by atoms with Crippen LogP contribution in [-0.2, 0) is 19.1 Å². The normalized spacial score (nSPS) is 17.4. The van der Waals surface area contributed by atoms with Crippen LogP contribution in [0.1, 0.15) is 45.3 Å². The smallest absolute Gasteiger partial charge is 0.337 e. The molecular weight excluding hydrogens is 450 g/mol. The van der Waals surface area contributed by atoms with Gasteiger partial charge in [-0.1, -0.05) is 18.2 Å². The molecule has 3 heterocycles. The molecule has 3 aromatic rings. The van der Waals surface area contributed by atoms with E-state index in [-0.39, 0.29) is 23.6 Å². The fourth-order valence-electron chi connectivity index (χ4n) is 4.43. The Bertz CT molecular complexity index is 1340. The second-order valence-corrected chi connectivity index (χ2v) is 8.38. The summed E-state index contributed by atoms with van der Waals surface area (Å²) < 4.78 is 11.7. The number of ether oxygens (including phenoxy) is 2. The highest BCUT2D eigenvalue weighted by molar-refractivity contribution is 6.46. The Hall–Kier alpha value is -3.98. The van der Waals surface area contributed by atoms with Gasteiger partial charge in [-0.05, 0) is 49.6 Å². The lowest BCUT2D eigenvalue weighted by Gasteiger charge is -2.25. The fraction of sp³-hybridized carbons (Fsp3) is 0.308. The second kappa shape index (κ2) is 9.71. The summed E-state index contributed by atoms with van der Waals surface area (Å²) in [5, 5.41) is 11.4. The molecular formula is C26H27N3O6. The molecule has 1 aromatic carbocycles. The lowest BCUT2D eigenvalue weighted by atomic mass is 9.95. The summed E-state index contributed by atoms with van der Waals surface area (Å²) in [4.78, 5) is 44.2. The van der Waals surface area contributed by atoms with Gasteiger partial charge >= 0.3 is 5.97 Å². The summed E-state index contributed by atoms with van der Waals surface area (Å²) in [6, 6.07) is 9.37. The van der Waals surface area contributed by atoms with Crippen LogP contribution in [0.25, 0.3) is 11.4 Å². The molecule has 9 heteroatoms. The van der Waals surface area contributed by atoms with Crippen LogP contribution in [-0.4, -0.2) is 64.4 Å². The number of benzene rings is 1. The zero-order valence-corrected chi connectivity index (χ0v) is 20.1. The van der Waals surface area contributed by atoms with Gasteiger partial charge in [-0.15, -0.1) is 0 Å². The van der Waals surface area contributed by atoms with Crippen molar-refractivity contribution >= 4 is 29.1 Å². The van der Waals surface area contributed by atoms with E-state index in [0.717, 1.165) is 5.56 Å². The Labute approximate surface area is 202 Å². The number of aryl methyl sites for hydroxylation is 2. The van der Waals surface area contributed by atoms with Crippen LogP contribution in [0.2, 0.25) is 0 Å². The molecule has 1 unspecified atom stereocenters. The molecule has 182 valence electrons. The minimum absolute atomic E-state index is 0.0394. The Morgan fingerprint density at radius 3 is 2.46 bits per heavy atom. The Morgan fingerprint density at radius 2 is 1.83 bits per heavy atom. The van der Waals surface area contributed by atoms with Crippen LogP contribution in [0.15, 0.2) is 48.2 Å². The fourth-order valence-corrected chi connectivity index (χ4v) is 4.43. The van der Waals surface area contributed by atoms with Gasteiger partial charge < -0.3 is 23.9 Å². The Kier molecular flexibility index (Phi) is 6.70. The van der Waals surface area contributed by atoms with E-state index in [4.69, 9.17) is 9.47 Å². The summed E-state index contributed by atoms with van der Waals surface area (Å²) in [7, 11) is 2.85. The number of imidazole rings is 1. The van der Waals surface area contributed by atoms with Gasteiger partial charge in [-0.25, -0.2) is 9.78 Å². The van der Waals surface area contributed by atoms with Crippen molar-refractivity contribution in [3.63, 3.8) is 0 Å². The van der Waals surface area contributed by atoms with E-state index >= 15 is 0 Å². The zero-order valence-electron chi connectivity index (χ0n) is 20.1. The molecule has 1 atom stereocenters. The minimum atomic E-state index is -0.844. The number of ketones is 1. The van der Waals surface area contributed by atoms with E-state index in [1.807, 2.05) is 29.7 Å². The first-order valence-corrected chi connectivity index (χ1v) is 11.2. The van der Waals surface area contributed by atoms with E-state index in [9.17, 15) is 19.5 Å². The van der Waals surface area contributed by atoms with Crippen molar-refractivity contribution in [1.29, 1.82) is 0 Å². The molecule has 1 amide bonds. The topological polar surface area (TPSA) is 110 Å². The molecule has 0 spiro atoms. The van der Waals surface area contributed by atoms with Crippen LogP contribution in [0.3, 0.4) is 0 Å². The third kappa shape index (κ3) is 4.19. The van der Waals surface area contributed by atoms with Crippen LogP contribution < -0.4 is 0 Å². The average Bonchev–Trinajstić information content (AvgIpc) is 3.33. The van der Waals surface area contributed by atoms with Gasteiger partial charge in [0.2, 0.25) is 0 Å². The first kappa shape index (κ1) is 24.2. The number of Topliss-reactive ketones (excluding diaryl/α,β-unsaturated/α-hetero) is 1. The first-order chi connectivity index (χ1) is 16.8. The summed E-state index contributed by atoms with van der Waals surface area (Å²) in [5.74, 6) is -2.32. The number of carbonyl (C=O) groups is 3. The lowest BCUT2D eigenvalue weighted by molar-refractivity contribution is -0.140. The molecule has 2 aromatic heterocycles. The number of aliphatic hydroxyl groups excluding tert-OH is 1.